The Morgan fingerprint density at radius 1 is 0.970 bits per heavy atom. The summed E-state index contributed by atoms with van der Waals surface area (Å²) in [6.07, 6.45) is 0.885. The lowest BCUT2D eigenvalue weighted by atomic mass is 10.1. The summed E-state index contributed by atoms with van der Waals surface area (Å²) in [4.78, 5) is 12.4. The standard InChI is InChI=1S/C22H27N3O6S2/c1-3-31-22(26)21(25-33(29,30)20-13-9-18(16-23)10-14-20)6-4-5-15-24-32(27,28)19-11-7-17(2)8-12-19/h7-14,21,24-25H,3-6,15H2,1-2H3. The van der Waals surface area contributed by atoms with E-state index in [1.165, 1.54) is 36.4 Å². The van der Waals surface area contributed by atoms with Crippen molar-refractivity contribution in [3.63, 3.8) is 0 Å². The molecule has 0 fully saturated rings. The van der Waals surface area contributed by atoms with E-state index in [2.05, 4.69) is 9.44 Å². The molecule has 2 rings (SSSR count). The molecular weight excluding hydrogens is 466 g/mol. The molecule has 2 aromatic rings. The number of nitrogens with zero attached hydrogens (tertiary/aromatic N) is 1. The van der Waals surface area contributed by atoms with E-state index in [1.807, 2.05) is 13.0 Å². The van der Waals surface area contributed by atoms with E-state index < -0.39 is 32.1 Å². The summed E-state index contributed by atoms with van der Waals surface area (Å²) in [6.45, 7) is 3.70. The first-order valence-corrected chi connectivity index (χ1v) is 13.3. The number of sulfonamides is 2. The number of nitriles is 1. The average molecular weight is 494 g/mol. The van der Waals surface area contributed by atoms with Crippen LogP contribution in [-0.4, -0.2) is 42.0 Å². The number of carbonyl (C=O) groups is 1. The lowest BCUT2D eigenvalue weighted by Crippen LogP contribution is -2.41. The van der Waals surface area contributed by atoms with Crippen molar-refractivity contribution in [1.82, 2.24) is 9.44 Å². The molecular formula is C22H27N3O6S2. The Hall–Kier alpha value is -2.78. The third-order valence-electron chi connectivity index (χ3n) is 4.71. The molecule has 1 atom stereocenters. The predicted molar refractivity (Wildman–Crippen MR) is 122 cm³/mol. The largest absolute Gasteiger partial charge is 0.465 e. The number of benzene rings is 2. The molecule has 0 aromatic heterocycles. The fourth-order valence-electron chi connectivity index (χ4n) is 2.91. The first kappa shape index (κ1) is 26.5. The molecule has 0 aliphatic rings. The number of hydrogen-bond acceptors (Lipinski definition) is 7. The van der Waals surface area contributed by atoms with Crippen molar-refractivity contribution in [3.8, 4) is 6.07 Å². The highest BCUT2D eigenvalue weighted by molar-refractivity contribution is 7.89. The second-order valence-electron chi connectivity index (χ2n) is 7.27. The van der Waals surface area contributed by atoms with E-state index in [-0.39, 0.29) is 29.4 Å². The fraction of sp³-hybridized carbons (Fsp3) is 0.364. The minimum absolute atomic E-state index is 0.0818. The van der Waals surface area contributed by atoms with Crippen molar-refractivity contribution in [2.45, 2.75) is 48.9 Å². The molecule has 178 valence electrons. The zero-order valence-electron chi connectivity index (χ0n) is 18.4. The number of hydrogen-bond donors (Lipinski definition) is 2. The van der Waals surface area contributed by atoms with Gasteiger partial charge in [-0.1, -0.05) is 17.7 Å². The van der Waals surface area contributed by atoms with Gasteiger partial charge in [0.15, 0.2) is 0 Å². The number of unbranched alkanes of at least 4 members (excludes halogenated alkanes) is 1. The van der Waals surface area contributed by atoms with E-state index >= 15 is 0 Å². The molecule has 2 N–H and O–H groups in total. The minimum atomic E-state index is -4.03. The van der Waals surface area contributed by atoms with Crippen molar-refractivity contribution >= 4 is 26.0 Å². The van der Waals surface area contributed by atoms with Crippen LogP contribution in [0.15, 0.2) is 58.3 Å². The van der Waals surface area contributed by atoms with Gasteiger partial charge in [0.2, 0.25) is 20.0 Å². The van der Waals surface area contributed by atoms with Crippen molar-refractivity contribution < 1.29 is 26.4 Å². The molecule has 11 heteroatoms. The Balaban J connectivity index is 1.96. The summed E-state index contributed by atoms with van der Waals surface area (Å²) in [5.74, 6) is -0.713. The van der Waals surface area contributed by atoms with Gasteiger partial charge in [-0.05, 0) is 69.5 Å². The van der Waals surface area contributed by atoms with Gasteiger partial charge in [0, 0.05) is 6.54 Å². The van der Waals surface area contributed by atoms with Crippen molar-refractivity contribution in [1.29, 1.82) is 5.26 Å². The molecule has 0 aliphatic carbocycles. The Morgan fingerprint density at radius 3 is 2.12 bits per heavy atom. The first-order valence-electron chi connectivity index (χ1n) is 10.3. The lowest BCUT2D eigenvalue weighted by molar-refractivity contribution is -0.145. The van der Waals surface area contributed by atoms with Gasteiger partial charge in [-0.3, -0.25) is 4.79 Å². The van der Waals surface area contributed by atoms with E-state index in [4.69, 9.17) is 10.00 Å². The van der Waals surface area contributed by atoms with Crippen LogP contribution in [0, 0.1) is 18.3 Å². The normalized spacial score (nSPS) is 12.6. The van der Waals surface area contributed by atoms with Crippen LogP contribution in [0.25, 0.3) is 0 Å². The topological polar surface area (TPSA) is 142 Å². The van der Waals surface area contributed by atoms with Crippen molar-refractivity contribution in [2.75, 3.05) is 13.2 Å². The van der Waals surface area contributed by atoms with Gasteiger partial charge in [0.25, 0.3) is 0 Å². The molecule has 33 heavy (non-hydrogen) atoms. The monoisotopic (exact) mass is 493 g/mol. The van der Waals surface area contributed by atoms with Crippen LogP contribution in [0.1, 0.15) is 37.3 Å². The molecule has 0 aliphatic heterocycles. The molecule has 0 saturated carbocycles. The number of carbonyl (C=O) groups excluding carboxylic acids is 1. The van der Waals surface area contributed by atoms with Crippen molar-refractivity contribution in [3.05, 3.63) is 59.7 Å². The number of esters is 1. The molecule has 0 radical (unpaired) electrons. The molecule has 0 saturated heterocycles. The molecule has 0 heterocycles. The number of aryl methyl sites for hydroxylation is 1. The predicted octanol–water partition coefficient (Wildman–Crippen LogP) is 2.23. The van der Waals surface area contributed by atoms with Crippen LogP contribution >= 0.6 is 0 Å². The van der Waals surface area contributed by atoms with Crippen LogP contribution in [0.3, 0.4) is 0 Å². The Labute approximate surface area is 194 Å². The van der Waals surface area contributed by atoms with Gasteiger partial charge in [-0.2, -0.15) is 9.98 Å². The molecule has 2 aromatic carbocycles. The zero-order valence-corrected chi connectivity index (χ0v) is 20.1. The molecule has 0 bridgehead atoms. The summed E-state index contributed by atoms with van der Waals surface area (Å²) < 4.78 is 59.8. The first-order chi connectivity index (χ1) is 15.6. The molecule has 0 spiro atoms. The maximum Gasteiger partial charge on any atom is 0.324 e. The Kier molecular flexibility index (Phi) is 9.55. The Morgan fingerprint density at radius 2 is 1.55 bits per heavy atom. The number of rotatable bonds is 12. The van der Waals surface area contributed by atoms with E-state index in [1.54, 1.807) is 19.1 Å². The van der Waals surface area contributed by atoms with E-state index in [0.717, 1.165) is 5.56 Å². The maximum absolute atomic E-state index is 12.7. The van der Waals surface area contributed by atoms with E-state index in [0.29, 0.717) is 18.4 Å². The quantitative estimate of drug-likeness (QED) is 0.341. The van der Waals surface area contributed by atoms with Gasteiger partial charge >= 0.3 is 5.97 Å². The van der Waals surface area contributed by atoms with Crippen LogP contribution < -0.4 is 9.44 Å². The van der Waals surface area contributed by atoms with Gasteiger partial charge in [0.05, 0.1) is 28.0 Å². The SMILES string of the molecule is CCOC(=O)C(CCCCNS(=O)(=O)c1ccc(C)cc1)NS(=O)(=O)c1ccc(C#N)cc1. The maximum atomic E-state index is 12.7. The van der Waals surface area contributed by atoms with Gasteiger partial charge in [-0.25, -0.2) is 21.6 Å². The Bertz CT molecular complexity index is 1190. The third kappa shape index (κ3) is 7.94. The highest BCUT2D eigenvalue weighted by Crippen LogP contribution is 2.14. The molecule has 1 unspecified atom stereocenters. The molecule has 9 nitrogen and oxygen atoms in total. The summed E-state index contributed by atoms with van der Waals surface area (Å²) >= 11 is 0. The number of nitrogens with one attached hydrogen (secondary N) is 2. The lowest BCUT2D eigenvalue weighted by Gasteiger charge is -2.17. The van der Waals surface area contributed by atoms with E-state index in [9.17, 15) is 21.6 Å². The van der Waals surface area contributed by atoms with Crippen LogP contribution in [-0.2, 0) is 29.6 Å². The summed E-state index contributed by atoms with van der Waals surface area (Å²) in [5, 5.41) is 8.86. The van der Waals surface area contributed by atoms with Crippen molar-refractivity contribution in [2.24, 2.45) is 0 Å². The second kappa shape index (κ2) is 11.9. The second-order valence-corrected chi connectivity index (χ2v) is 10.7. The van der Waals surface area contributed by atoms with Crippen LogP contribution in [0.4, 0.5) is 0 Å². The van der Waals surface area contributed by atoms with Crippen LogP contribution in [0.5, 0.6) is 0 Å². The third-order valence-corrected chi connectivity index (χ3v) is 7.67. The number of ether oxygens (including phenoxy) is 1. The highest BCUT2D eigenvalue weighted by Gasteiger charge is 2.26. The molecule has 0 amide bonds. The fourth-order valence-corrected chi connectivity index (χ4v) is 5.21. The summed E-state index contributed by atoms with van der Waals surface area (Å²) in [5.41, 5.74) is 1.26. The minimum Gasteiger partial charge on any atom is -0.465 e. The summed E-state index contributed by atoms with van der Waals surface area (Å²) in [6, 6.07) is 12.5. The zero-order chi connectivity index (χ0) is 24.5. The highest BCUT2D eigenvalue weighted by atomic mass is 32.2. The summed E-state index contributed by atoms with van der Waals surface area (Å²) in [7, 11) is -7.67. The smallest absolute Gasteiger partial charge is 0.324 e. The van der Waals surface area contributed by atoms with Gasteiger partial charge < -0.3 is 4.74 Å². The van der Waals surface area contributed by atoms with Crippen LogP contribution in [0.2, 0.25) is 0 Å². The van der Waals surface area contributed by atoms with Gasteiger partial charge in [0.1, 0.15) is 6.04 Å². The van der Waals surface area contributed by atoms with Gasteiger partial charge in [-0.15, -0.1) is 0 Å². The average Bonchev–Trinajstić information content (AvgIpc) is 2.78.